The van der Waals surface area contributed by atoms with Crippen molar-refractivity contribution in [2.75, 3.05) is 5.32 Å². The Morgan fingerprint density at radius 3 is 2.44 bits per heavy atom. The molecule has 18 heavy (non-hydrogen) atoms. The molecule has 0 bridgehead atoms. The van der Waals surface area contributed by atoms with Gasteiger partial charge in [0.2, 0.25) is 5.13 Å². The standard InChI is InChI=1S/C13H10N4S/c1-2-4-10(5-3-1)12-16-17-13(18-12)15-11-6-8-14-9-7-11/h1-9H,(H,14,15,17). The van der Waals surface area contributed by atoms with Crippen LogP contribution in [0.15, 0.2) is 54.9 Å². The Bertz CT molecular complexity index is 622. The largest absolute Gasteiger partial charge is 0.330 e. The molecule has 0 radical (unpaired) electrons. The van der Waals surface area contributed by atoms with Gasteiger partial charge < -0.3 is 5.32 Å². The maximum atomic E-state index is 4.17. The van der Waals surface area contributed by atoms with Crippen LogP contribution >= 0.6 is 11.3 Å². The highest BCUT2D eigenvalue weighted by molar-refractivity contribution is 7.18. The highest BCUT2D eigenvalue weighted by atomic mass is 32.1. The van der Waals surface area contributed by atoms with Crippen molar-refractivity contribution >= 4 is 22.2 Å². The number of rotatable bonds is 3. The second-order valence-electron chi connectivity index (χ2n) is 3.64. The Hall–Kier alpha value is -2.27. The monoisotopic (exact) mass is 254 g/mol. The fourth-order valence-corrected chi connectivity index (χ4v) is 2.30. The van der Waals surface area contributed by atoms with Crippen molar-refractivity contribution in [1.82, 2.24) is 15.2 Å². The van der Waals surface area contributed by atoms with Gasteiger partial charge in [-0.2, -0.15) is 0 Å². The summed E-state index contributed by atoms with van der Waals surface area (Å²) >= 11 is 1.53. The van der Waals surface area contributed by atoms with Gasteiger partial charge in [0, 0.05) is 23.6 Å². The van der Waals surface area contributed by atoms with E-state index in [0.717, 1.165) is 21.4 Å². The average molecular weight is 254 g/mol. The van der Waals surface area contributed by atoms with Crippen molar-refractivity contribution in [3.8, 4) is 10.6 Å². The van der Waals surface area contributed by atoms with Crippen molar-refractivity contribution in [3.63, 3.8) is 0 Å². The van der Waals surface area contributed by atoms with Crippen LogP contribution in [0.1, 0.15) is 0 Å². The SMILES string of the molecule is c1ccc(-c2nnc(Nc3ccncc3)s2)cc1. The lowest BCUT2D eigenvalue weighted by atomic mass is 10.2. The Morgan fingerprint density at radius 1 is 0.889 bits per heavy atom. The molecule has 0 aliphatic heterocycles. The Balaban J connectivity index is 1.82. The van der Waals surface area contributed by atoms with Gasteiger partial charge in [-0.3, -0.25) is 4.98 Å². The lowest BCUT2D eigenvalue weighted by Crippen LogP contribution is -1.88. The molecule has 0 aliphatic rings. The molecule has 88 valence electrons. The van der Waals surface area contributed by atoms with E-state index in [-0.39, 0.29) is 0 Å². The average Bonchev–Trinajstić information content (AvgIpc) is 2.89. The van der Waals surface area contributed by atoms with Crippen molar-refractivity contribution in [2.45, 2.75) is 0 Å². The summed E-state index contributed by atoms with van der Waals surface area (Å²) in [6.45, 7) is 0. The van der Waals surface area contributed by atoms with Crippen LogP contribution < -0.4 is 5.32 Å². The van der Waals surface area contributed by atoms with E-state index in [0.29, 0.717) is 0 Å². The second-order valence-corrected chi connectivity index (χ2v) is 4.62. The van der Waals surface area contributed by atoms with Crippen LogP contribution in [0.4, 0.5) is 10.8 Å². The van der Waals surface area contributed by atoms with Gasteiger partial charge >= 0.3 is 0 Å². The Morgan fingerprint density at radius 2 is 1.67 bits per heavy atom. The molecule has 0 unspecified atom stereocenters. The minimum atomic E-state index is 0.778. The predicted molar refractivity (Wildman–Crippen MR) is 72.9 cm³/mol. The summed E-state index contributed by atoms with van der Waals surface area (Å²) in [7, 11) is 0. The van der Waals surface area contributed by atoms with Crippen molar-refractivity contribution in [3.05, 3.63) is 54.9 Å². The number of hydrogen-bond donors (Lipinski definition) is 1. The van der Waals surface area contributed by atoms with Gasteiger partial charge in [0.05, 0.1) is 0 Å². The molecule has 0 atom stereocenters. The molecule has 0 fully saturated rings. The van der Waals surface area contributed by atoms with Crippen molar-refractivity contribution in [1.29, 1.82) is 0 Å². The van der Waals surface area contributed by atoms with Gasteiger partial charge in [0.25, 0.3) is 0 Å². The summed E-state index contributed by atoms with van der Waals surface area (Å²) in [6, 6.07) is 13.8. The Labute approximate surface area is 108 Å². The minimum absolute atomic E-state index is 0.778. The molecule has 1 N–H and O–H groups in total. The lowest BCUT2D eigenvalue weighted by molar-refractivity contribution is 1.10. The van der Waals surface area contributed by atoms with Crippen LogP contribution in [0, 0.1) is 0 Å². The number of anilines is 2. The van der Waals surface area contributed by atoms with Gasteiger partial charge in [-0.25, -0.2) is 0 Å². The first kappa shape index (κ1) is 10.9. The lowest BCUT2D eigenvalue weighted by Gasteiger charge is -1.99. The molecule has 5 heteroatoms. The van der Waals surface area contributed by atoms with Crippen LogP contribution in [-0.2, 0) is 0 Å². The second kappa shape index (κ2) is 4.93. The van der Waals surface area contributed by atoms with Gasteiger partial charge in [-0.15, -0.1) is 10.2 Å². The summed E-state index contributed by atoms with van der Waals surface area (Å²) in [5.41, 5.74) is 2.04. The number of aromatic nitrogens is 3. The maximum absolute atomic E-state index is 4.17. The van der Waals surface area contributed by atoms with Crippen LogP contribution in [0.25, 0.3) is 10.6 Å². The molecule has 4 nitrogen and oxygen atoms in total. The van der Waals surface area contributed by atoms with Gasteiger partial charge in [0.15, 0.2) is 0 Å². The molecule has 2 heterocycles. The zero-order valence-electron chi connectivity index (χ0n) is 9.45. The van der Waals surface area contributed by atoms with E-state index in [9.17, 15) is 0 Å². The first-order chi connectivity index (χ1) is 8.92. The Kier molecular flexibility index (Phi) is 2.97. The number of hydrogen-bond acceptors (Lipinski definition) is 5. The first-order valence-electron chi connectivity index (χ1n) is 5.48. The van der Waals surface area contributed by atoms with Crippen molar-refractivity contribution < 1.29 is 0 Å². The fraction of sp³-hybridized carbons (Fsp3) is 0. The first-order valence-corrected chi connectivity index (χ1v) is 6.29. The summed E-state index contributed by atoms with van der Waals surface area (Å²) < 4.78 is 0. The van der Waals surface area contributed by atoms with Crippen LogP contribution in [0.2, 0.25) is 0 Å². The normalized spacial score (nSPS) is 10.2. The van der Waals surface area contributed by atoms with Gasteiger partial charge in [-0.05, 0) is 12.1 Å². The molecule has 0 amide bonds. The highest BCUT2D eigenvalue weighted by Crippen LogP contribution is 2.27. The molecule has 1 aromatic carbocycles. The molecule has 0 spiro atoms. The summed E-state index contributed by atoms with van der Waals surface area (Å²) in [5.74, 6) is 0. The molecule has 3 rings (SSSR count). The van der Waals surface area contributed by atoms with Crippen LogP contribution in [0.3, 0.4) is 0 Å². The maximum Gasteiger partial charge on any atom is 0.210 e. The molecular weight excluding hydrogens is 244 g/mol. The summed E-state index contributed by atoms with van der Waals surface area (Å²) in [6.07, 6.45) is 3.48. The fourth-order valence-electron chi connectivity index (χ4n) is 1.53. The molecule has 0 saturated heterocycles. The minimum Gasteiger partial charge on any atom is -0.330 e. The summed E-state index contributed by atoms with van der Waals surface area (Å²) in [4.78, 5) is 3.97. The molecule has 2 aromatic heterocycles. The number of pyridine rings is 1. The number of benzene rings is 1. The number of nitrogens with one attached hydrogen (secondary N) is 1. The van der Waals surface area contributed by atoms with E-state index >= 15 is 0 Å². The van der Waals surface area contributed by atoms with Crippen molar-refractivity contribution in [2.24, 2.45) is 0 Å². The van der Waals surface area contributed by atoms with E-state index in [4.69, 9.17) is 0 Å². The molecule has 3 aromatic rings. The quantitative estimate of drug-likeness (QED) is 0.778. The zero-order chi connectivity index (χ0) is 12.2. The summed E-state index contributed by atoms with van der Waals surface area (Å²) in [5, 5.41) is 13.2. The molecular formula is C13H10N4S. The van der Waals surface area contributed by atoms with Gasteiger partial charge in [-0.1, -0.05) is 41.7 Å². The third-order valence-corrected chi connectivity index (χ3v) is 3.27. The molecule has 0 aliphatic carbocycles. The van der Waals surface area contributed by atoms with E-state index in [1.54, 1.807) is 12.4 Å². The van der Waals surface area contributed by atoms with E-state index in [1.165, 1.54) is 11.3 Å². The van der Waals surface area contributed by atoms with E-state index in [1.807, 2.05) is 42.5 Å². The topological polar surface area (TPSA) is 50.7 Å². The van der Waals surface area contributed by atoms with Crippen LogP contribution in [0.5, 0.6) is 0 Å². The van der Waals surface area contributed by atoms with E-state index in [2.05, 4.69) is 20.5 Å². The van der Waals surface area contributed by atoms with Gasteiger partial charge in [0.1, 0.15) is 5.01 Å². The third kappa shape index (κ3) is 2.36. The number of nitrogens with zero attached hydrogens (tertiary/aromatic N) is 3. The van der Waals surface area contributed by atoms with Crippen LogP contribution in [-0.4, -0.2) is 15.2 Å². The zero-order valence-corrected chi connectivity index (χ0v) is 10.3. The van der Waals surface area contributed by atoms with E-state index < -0.39 is 0 Å². The molecule has 0 saturated carbocycles. The highest BCUT2D eigenvalue weighted by Gasteiger charge is 2.05. The predicted octanol–water partition coefficient (Wildman–Crippen LogP) is 3.34. The third-order valence-electron chi connectivity index (χ3n) is 2.38. The smallest absolute Gasteiger partial charge is 0.210 e.